The molecule has 0 fully saturated rings. The molecule has 138 valence electrons. The van der Waals surface area contributed by atoms with E-state index in [4.69, 9.17) is 11.6 Å². The quantitative estimate of drug-likeness (QED) is 0.517. The number of nitrogens with one attached hydrogen (secondary N) is 1. The molecule has 0 aliphatic carbocycles. The smallest absolute Gasteiger partial charge is 0.160 e. The standard InChI is InChI=1S/C16H12ClN3OS.2C2H6/c17-14-4-2-1-3-11(14)6-19-16-8-18-7-15(20-16)12-5-13(9-21)22-10-12;2*1-2/h1-5,7-10H,6H2,(H,19,20);2*1-2H3. The minimum atomic E-state index is 0.570. The van der Waals surface area contributed by atoms with Gasteiger partial charge in [0.05, 0.1) is 23.0 Å². The number of carbonyl (C=O) groups is 1. The predicted octanol–water partition coefficient (Wildman–Crippen LogP) is 6.34. The fourth-order valence-corrected chi connectivity index (χ4v) is 2.87. The van der Waals surface area contributed by atoms with Crippen molar-refractivity contribution in [2.45, 2.75) is 34.2 Å². The monoisotopic (exact) mass is 389 g/mol. The molecule has 0 bridgehead atoms. The lowest BCUT2D eigenvalue weighted by molar-refractivity contribution is 0.112. The predicted molar refractivity (Wildman–Crippen MR) is 112 cm³/mol. The summed E-state index contributed by atoms with van der Waals surface area (Å²) in [5.74, 6) is 0.663. The van der Waals surface area contributed by atoms with Gasteiger partial charge in [0.2, 0.25) is 0 Å². The number of thiophene rings is 1. The zero-order valence-electron chi connectivity index (χ0n) is 15.5. The molecule has 1 N–H and O–H groups in total. The molecular formula is C20H24ClN3OS. The number of benzene rings is 1. The average Bonchev–Trinajstić information content (AvgIpc) is 3.20. The Morgan fingerprint density at radius 3 is 2.54 bits per heavy atom. The van der Waals surface area contributed by atoms with Gasteiger partial charge in [0.15, 0.2) is 6.29 Å². The summed E-state index contributed by atoms with van der Waals surface area (Å²) in [5, 5.41) is 5.82. The molecule has 26 heavy (non-hydrogen) atoms. The van der Waals surface area contributed by atoms with Crippen LogP contribution in [0.25, 0.3) is 11.3 Å². The maximum absolute atomic E-state index is 10.8. The van der Waals surface area contributed by atoms with Crippen LogP contribution in [0.4, 0.5) is 5.82 Å². The van der Waals surface area contributed by atoms with Crippen LogP contribution in [0.5, 0.6) is 0 Å². The molecule has 3 aromatic rings. The molecule has 2 aromatic heterocycles. The molecule has 0 aliphatic heterocycles. The van der Waals surface area contributed by atoms with Gasteiger partial charge in [-0.2, -0.15) is 0 Å². The molecule has 2 heterocycles. The molecule has 0 radical (unpaired) electrons. The van der Waals surface area contributed by atoms with Crippen LogP contribution in [0.15, 0.2) is 48.1 Å². The van der Waals surface area contributed by atoms with Gasteiger partial charge in [-0.3, -0.25) is 9.78 Å². The Morgan fingerprint density at radius 1 is 1.15 bits per heavy atom. The Bertz CT molecular complexity index is 805. The summed E-state index contributed by atoms with van der Waals surface area (Å²) in [6, 6.07) is 9.46. The van der Waals surface area contributed by atoms with Gasteiger partial charge in [-0.1, -0.05) is 57.5 Å². The lowest BCUT2D eigenvalue weighted by Gasteiger charge is -2.07. The van der Waals surface area contributed by atoms with Gasteiger partial charge in [-0.05, 0) is 17.7 Å². The lowest BCUT2D eigenvalue weighted by atomic mass is 10.2. The number of carbonyl (C=O) groups excluding carboxylic acids is 1. The summed E-state index contributed by atoms with van der Waals surface area (Å²) in [5.41, 5.74) is 2.62. The van der Waals surface area contributed by atoms with Crippen molar-refractivity contribution in [1.29, 1.82) is 0 Å². The molecule has 4 nitrogen and oxygen atoms in total. The van der Waals surface area contributed by atoms with Crippen LogP contribution in [-0.4, -0.2) is 16.3 Å². The van der Waals surface area contributed by atoms with Crippen molar-refractivity contribution in [3.8, 4) is 11.3 Å². The van der Waals surface area contributed by atoms with Gasteiger partial charge in [-0.15, -0.1) is 11.3 Å². The molecule has 0 saturated heterocycles. The molecule has 0 saturated carbocycles. The minimum absolute atomic E-state index is 0.570. The highest BCUT2D eigenvalue weighted by Crippen LogP contribution is 2.24. The van der Waals surface area contributed by atoms with Crippen LogP contribution < -0.4 is 5.32 Å². The third kappa shape index (κ3) is 6.24. The molecule has 1 aromatic carbocycles. The fourth-order valence-electron chi connectivity index (χ4n) is 1.97. The lowest BCUT2D eigenvalue weighted by Crippen LogP contribution is -2.02. The van der Waals surface area contributed by atoms with Crippen LogP contribution in [-0.2, 0) is 6.54 Å². The summed E-state index contributed by atoms with van der Waals surface area (Å²) in [7, 11) is 0. The summed E-state index contributed by atoms with van der Waals surface area (Å²) in [6.07, 6.45) is 4.17. The molecule has 0 spiro atoms. The topological polar surface area (TPSA) is 54.9 Å². The number of anilines is 1. The first-order chi connectivity index (χ1) is 12.8. The third-order valence-electron chi connectivity index (χ3n) is 3.08. The largest absolute Gasteiger partial charge is 0.365 e. The number of halogens is 1. The molecule has 6 heteroatoms. The van der Waals surface area contributed by atoms with Gasteiger partial charge in [0.25, 0.3) is 0 Å². The van der Waals surface area contributed by atoms with E-state index in [1.54, 1.807) is 18.5 Å². The number of nitrogens with zero attached hydrogens (tertiary/aromatic N) is 2. The highest BCUT2D eigenvalue weighted by atomic mass is 35.5. The average molecular weight is 390 g/mol. The summed E-state index contributed by atoms with van der Waals surface area (Å²) >= 11 is 7.52. The van der Waals surface area contributed by atoms with E-state index in [-0.39, 0.29) is 0 Å². The second-order valence-corrected chi connectivity index (χ2v) is 5.94. The third-order valence-corrected chi connectivity index (χ3v) is 4.31. The van der Waals surface area contributed by atoms with E-state index in [9.17, 15) is 4.79 Å². The Morgan fingerprint density at radius 2 is 1.88 bits per heavy atom. The molecule has 0 unspecified atom stereocenters. The van der Waals surface area contributed by atoms with E-state index in [2.05, 4.69) is 15.3 Å². The molecular weight excluding hydrogens is 366 g/mol. The Labute approximate surface area is 164 Å². The van der Waals surface area contributed by atoms with E-state index in [0.717, 1.165) is 23.1 Å². The first kappa shape index (κ1) is 21.8. The van der Waals surface area contributed by atoms with E-state index < -0.39 is 0 Å². The van der Waals surface area contributed by atoms with Crippen molar-refractivity contribution >= 4 is 35.0 Å². The maximum Gasteiger partial charge on any atom is 0.160 e. The van der Waals surface area contributed by atoms with E-state index >= 15 is 0 Å². The van der Waals surface area contributed by atoms with Crippen molar-refractivity contribution in [1.82, 2.24) is 9.97 Å². The number of aldehydes is 1. The van der Waals surface area contributed by atoms with Crippen molar-refractivity contribution in [2.75, 3.05) is 5.32 Å². The SMILES string of the molecule is CC.CC.O=Cc1cc(-c2cncc(NCc3ccccc3Cl)n2)cs1. The van der Waals surface area contributed by atoms with Crippen molar-refractivity contribution in [3.05, 3.63) is 63.6 Å². The number of hydrogen-bond acceptors (Lipinski definition) is 5. The Balaban J connectivity index is 0.000000791. The second kappa shape index (κ2) is 12.2. The normalized spacial score (nSPS) is 9.27. The molecule has 0 amide bonds. The highest BCUT2D eigenvalue weighted by Gasteiger charge is 2.06. The van der Waals surface area contributed by atoms with Crippen LogP contribution >= 0.6 is 22.9 Å². The molecule has 3 rings (SSSR count). The van der Waals surface area contributed by atoms with E-state index in [1.807, 2.05) is 57.3 Å². The van der Waals surface area contributed by atoms with Crippen molar-refractivity contribution in [2.24, 2.45) is 0 Å². The van der Waals surface area contributed by atoms with Crippen LogP contribution in [0.3, 0.4) is 0 Å². The zero-order chi connectivity index (χ0) is 19.4. The van der Waals surface area contributed by atoms with Gasteiger partial charge in [0, 0.05) is 22.5 Å². The minimum Gasteiger partial charge on any atom is -0.365 e. The number of rotatable bonds is 5. The van der Waals surface area contributed by atoms with Crippen LogP contribution in [0.2, 0.25) is 5.02 Å². The Hall–Kier alpha value is -2.24. The summed E-state index contributed by atoms with van der Waals surface area (Å²) in [6.45, 7) is 8.57. The van der Waals surface area contributed by atoms with E-state index in [0.29, 0.717) is 22.3 Å². The molecule has 0 aliphatic rings. The van der Waals surface area contributed by atoms with Crippen LogP contribution in [0, 0.1) is 0 Å². The zero-order valence-corrected chi connectivity index (χ0v) is 17.1. The van der Waals surface area contributed by atoms with Gasteiger partial charge < -0.3 is 5.32 Å². The Kier molecular flexibility index (Phi) is 10.2. The van der Waals surface area contributed by atoms with Gasteiger partial charge >= 0.3 is 0 Å². The first-order valence-corrected chi connectivity index (χ1v) is 9.85. The number of hydrogen-bond donors (Lipinski definition) is 1. The van der Waals surface area contributed by atoms with Crippen molar-refractivity contribution < 1.29 is 4.79 Å². The summed E-state index contributed by atoms with van der Waals surface area (Å²) < 4.78 is 0. The van der Waals surface area contributed by atoms with Gasteiger partial charge in [0.1, 0.15) is 5.82 Å². The maximum atomic E-state index is 10.8. The second-order valence-electron chi connectivity index (χ2n) is 4.59. The first-order valence-electron chi connectivity index (χ1n) is 8.59. The van der Waals surface area contributed by atoms with E-state index in [1.165, 1.54) is 11.3 Å². The molecule has 0 atom stereocenters. The summed E-state index contributed by atoms with van der Waals surface area (Å²) in [4.78, 5) is 20.1. The van der Waals surface area contributed by atoms with Gasteiger partial charge in [-0.25, -0.2) is 4.98 Å². The number of aromatic nitrogens is 2. The van der Waals surface area contributed by atoms with Crippen LogP contribution in [0.1, 0.15) is 42.9 Å². The fraction of sp³-hybridized carbons (Fsp3) is 0.250. The highest BCUT2D eigenvalue weighted by molar-refractivity contribution is 7.12. The van der Waals surface area contributed by atoms with Crippen molar-refractivity contribution in [3.63, 3.8) is 0 Å².